The number of rotatable bonds is 6. The van der Waals surface area contributed by atoms with Gasteiger partial charge in [0.1, 0.15) is 5.58 Å². The number of nitrogens with zero attached hydrogens (tertiary/aromatic N) is 5. The molecule has 4 aromatic heterocycles. The van der Waals surface area contributed by atoms with Crippen molar-refractivity contribution in [1.82, 2.24) is 24.5 Å². The van der Waals surface area contributed by atoms with Gasteiger partial charge in [0.15, 0.2) is 23.1 Å². The lowest BCUT2D eigenvalue weighted by Crippen LogP contribution is -2.01. The van der Waals surface area contributed by atoms with Crippen molar-refractivity contribution in [2.75, 3.05) is 0 Å². The number of benzene rings is 9. The van der Waals surface area contributed by atoms with Gasteiger partial charge in [0, 0.05) is 50.1 Å². The lowest BCUT2D eigenvalue weighted by molar-refractivity contribution is 0.667. The van der Waals surface area contributed by atoms with E-state index in [1.54, 1.807) is 12.4 Å². The maximum absolute atomic E-state index is 6.14. The summed E-state index contributed by atoms with van der Waals surface area (Å²) in [6, 6.07) is 70.8. The standard InChI is InChI=1S/C58H35N5O/c1-3-9-36(10-4-1)42-17-15-38-16-18-44(30-46(38)29-42)57-60-56(61-58(62-57)45-22-26-54-51(33-45)48-27-28-59-35-55(48)64-54)39-19-23-47(24-20-39)63-52-25-21-43(37-11-5-2-6-12-37)32-49(52)50-31-40-13-7-8-14-41(40)34-53(50)63/h1-35H. The predicted molar refractivity (Wildman–Crippen MR) is 261 cm³/mol. The maximum atomic E-state index is 6.14. The Balaban J connectivity index is 0.964. The largest absolute Gasteiger partial charge is 0.454 e. The summed E-state index contributed by atoms with van der Waals surface area (Å²) >= 11 is 0. The Morgan fingerprint density at radius 1 is 0.328 bits per heavy atom. The molecule has 4 heterocycles. The third-order valence-corrected chi connectivity index (χ3v) is 12.5. The van der Waals surface area contributed by atoms with Crippen LogP contribution in [0.3, 0.4) is 0 Å². The summed E-state index contributed by atoms with van der Waals surface area (Å²) in [4.78, 5) is 19.8. The molecule has 13 rings (SSSR count). The van der Waals surface area contributed by atoms with Gasteiger partial charge in [-0.1, -0.05) is 115 Å². The van der Waals surface area contributed by atoms with E-state index < -0.39 is 0 Å². The van der Waals surface area contributed by atoms with Crippen LogP contribution < -0.4 is 0 Å². The molecule has 0 aliphatic heterocycles. The molecule has 0 fully saturated rings. The molecule has 13 aromatic rings. The molecule has 64 heavy (non-hydrogen) atoms. The van der Waals surface area contributed by atoms with E-state index in [9.17, 15) is 0 Å². The topological polar surface area (TPSA) is 69.6 Å². The fourth-order valence-corrected chi connectivity index (χ4v) is 9.28. The van der Waals surface area contributed by atoms with Crippen LogP contribution in [0.4, 0.5) is 0 Å². The third kappa shape index (κ3) is 6.03. The normalized spacial score (nSPS) is 11.8. The van der Waals surface area contributed by atoms with Gasteiger partial charge in [-0.15, -0.1) is 0 Å². The van der Waals surface area contributed by atoms with Gasteiger partial charge in [0.2, 0.25) is 0 Å². The van der Waals surface area contributed by atoms with Gasteiger partial charge < -0.3 is 8.98 Å². The van der Waals surface area contributed by atoms with Crippen LogP contribution in [0, 0.1) is 0 Å². The molecule has 6 heteroatoms. The van der Waals surface area contributed by atoms with Crippen molar-refractivity contribution in [3.63, 3.8) is 0 Å². The predicted octanol–water partition coefficient (Wildman–Crippen LogP) is 14.9. The molecule has 0 amide bonds. The monoisotopic (exact) mass is 817 g/mol. The number of hydrogen-bond acceptors (Lipinski definition) is 5. The Kier molecular flexibility index (Phi) is 8.11. The highest BCUT2D eigenvalue weighted by Gasteiger charge is 2.18. The van der Waals surface area contributed by atoms with E-state index in [-0.39, 0.29) is 0 Å². The molecule has 0 saturated heterocycles. The zero-order valence-electron chi connectivity index (χ0n) is 34.4. The molecule has 298 valence electrons. The average Bonchev–Trinajstić information content (AvgIpc) is 3.90. The van der Waals surface area contributed by atoms with Crippen molar-refractivity contribution < 1.29 is 4.42 Å². The summed E-state index contributed by atoms with van der Waals surface area (Å²) in [6.07, 6.45) is 3.55. The number of hydrogen-bond donors (Lipinski definition) is 0. The van der Waals surface area contributed by atoms with E-state index in [1.807, 2.05) is 24.3 Å². The summed E-state index contributed by atoms with van der Waals surface area (Å²) in [5.41, 5.74) is 12.3. The Labute approximate surface area is 367 Å². The fourth-order valence-electron chi connectivity index (χ4n) is 9.28. The molecule has 0 spiro atoms. The van der Waals surface area contributed by atoms with Crippen molar-refractivity contribution in [3.05, 3.63) is 213 Å². The van der Waals surface area contributed by atoms with Crippen molar-refractivity contribution in [2.24, 2.45) is 0 Å². The smallest absolute Gasteiger partial charge is 0.164 e. The minimum Gasteiger partial charge on any atom is -0.454 e. The zero-order chi connectivity index (χ0) is 42.1. The molecule has 6 nitrogen and oxygen atoms in total. The average molecular weight is 818 g/mol. The van der Waals surface area contributed by atoms with E-state index in [1.165, 1.54) is 38.2 Å². The number of aromatic nitrogens is 5. The van der Waals surface area contributed by atoms with Crippen molar-refractivity contribution in [3.8, 4) is 62.1 Å². The Bertz CT molecular complexity index is 3950. The first-order chi connectivity index (χ1) is 31.7. The molecular formula is C58H35N5O. The highest BCUT2D eigenvalue weighted by molar-refractivity contribution is 6.14. The second-order valence-corrected chi connectivity index (χ2v) is 16.3. The molecule has 0 saturated carbocycles. The maximum Gasteiger partial charge on any atom is 0.164 e. The Morgan fingerprint density at radius 3 is 1.64 bits per heavy atom. The number of pyridine rings is 1. The molecule has 9 aromatic carbocycles. The van der Waals surface area contributed by atoms with Gasteiger partial charge in [-0.25, -0.2) is 15.0 Å². The third-order valence-electron chi connectivity index (χ3n) is 12.5. The fraction of sp³-hybridized carbons (Fsp3) is 0. The minimum atomic E-state index is 0.580. The quantitative estimate of drug-likeness (QED) is 0.167. The minimum absolute atomic E-state index is 0.580. The summed E-state index contributed by atoms with van der Waals surface area (Å²) in [5, 5.41) is 9.08. The van der Waals surface area contributed by atoms with Gasteiger partial charge in [-0.3, -0.25) is 4.98 Å². The molecule has 0 aliphatic rings. The Morgan fingerprint density at radius 2 is 0.891 bits per heavy atom. The summed E-state index contributed by atoms with van der Waals surface area (Å²) in [5.74, 6) is 1.77. The first-order valence-corrected chi connectivity index (χ1v) is 21.4. The van der Waals surface area contributed by atoms with Crippen LogP contribution in [-0.4, -0.2) is 24.5 Å². The van der Waals surface area contributed by atoms with Gasteiger partial charge in [0.05, 0.1) is 17.2 Å². The van der Waals surface area contributed by atoms with Crippen LogP contribution in [0.5, 0.6) is 0 Å². The van der Waals surface area contributed by atoms with Crippen LogP contribution in [0.2, 0.25) is 0 Å². The van der Waals surface area contributed by atoms with Crippen molar-refractivity contribution in [2.45, 2.75) is 0 Å². The van der Waals surface area contributed by atoms with E-state index in [2.05, 4.69) is 185 Å². The first kappa shape index (κ1) is 36.0. The van der Waals surface area contributed by atoms with Crippen molar-refractivity contribution >= 4 is 65.3 Å². The second-order valence-electron chi connectivity index (χ2n) is 16.3. The lowest BCUT2D eigenvalue weighted by Gasteiger charge is -2.12. The van der Waals surface area contributed by atoms with Gasteiger partial charge >= 0.3 is 0 Å². The number of furan rings is 1. The van der Waals surface area contributed by atoms with Crippen LogP contribution in [0.25, 0.3) is 127 Å². The SMILES string of the molecule is c1ccc(-c2ccc3ccc(-c4nc(-c5ccc(-n6c7ccc(-c8ccccc8)cc7c7cc8ccccc8cc76)cc5)nc(-c5ccc6oc7cnccc7c6c5)n4)cc3c2)cc1. The molecule has 0 aliphatic carbocycles. The van der Waals surface area contributed by atoms with Gasteiger partial charge in [0.25, 0.3) is 0 Å². The second kappa shape index (κ2) is 14.4. The molecule has 0 atom stereocenters. The van der Waals surface area contributed by atoms with Crippen molar-refractivity contribution in [1.29, 1.82) is 0 Å². The zero-order valence-corrected chi connectivity index (χ0v) is 34.4. The van der Waals surface area contributed by atoms with E-state index in [0.29, 0.717) is 17.5 Å². The molecule has 0 N–H and O–H groups in total. The highest BCUT2D eigenvalue weighted by Crippen LogP contribution is 2.38. The molecular weight excluding hydrogens is 783 g/mol. The van der Waals surface area contributed by atoms with E-state index >= 15 is 0 Å². The number of fused-ring (bicyclic) bond motifs is 8. The first-order valence-electron chi connectivity index (χ1n) is 21.4. The summed E-state index contributed by atoms with van der Waals surface area (Å²) in [6.45, 7) is 0. The highest BCUT2D eigenvalue weighted by atomic mass is 16.3. The summed E-state index contributed by atoms with van der Waals surface area (Å²) < 4.78 is 8.51. The van der Waals surface area contributed by atoms with Gasteiger partial charge in [-0.05, 0) is 129 Å². The van der Waals surface area contributed by atoms with Crippen LogP contribution >= 0.6 is 0 Å². The molecule has 0 unspecified atom stereocenters. The van der Waals surface area contributed by atoms with Crippen LogP contribution in [-0.2, 0) is 0 Å². The lowest BCUT2D eigenvalue weighted by atomic mass is 10.00. The Hall–Kier alpha value is -8.74. The molecule has 0 radical (unpaired) electrons. The molecule has 0 bridgehead atoms. The van der Waals surface area contributed by atoms with E-state index in [4.69, 9.17) is 19.4 Å². The van der Waals surface area contributed by atoms with Crippen LogP contribution in [0.1, 0.15) is 0 Å². The summed E-state index contributed by atoms with van der Waals surface area (Å²) in [7, 11) is 0. The van der Waals surface area contributed by atoms with E-state index in [0.717, 1.165) is 71.7 Å². The van der Waals surface area contributed by atoms with Crippen LogP contribution in [0.15, 0.2) is 217 Å². The van der Waals surface area contributed by atoms with Gasteiger partial charge in [-0.2, -0.15) is 0 Å².